The molecule has 0 aliphatic rings. The van der Waals surface area contributed by atoms with Crippen LogP contribution in [0.15, 0.2) is 29.1 Å². The highest BCUT2D eigenvalue weighted by atomic mass is 16.3. The van der Waals surface area contributed by atoms with Gasteiger partial charge in [-0.1, -0.05) is 26.8 Å². The van der Waals surface area contributed by atoms with Crippen molar-refractivity contribution in [2.75, 3.05) is 6.61 Å². The van der Waals surface area contributed by atoms with Gasteiger partial charge in [0.15, 0.2) is 0 Å². The lowest BCUT2D eigenvalue weighted by Gasteiger charge is -2.21. The largest absolute Gasteiger partial charge is 0.472 e. The molecule has 0 fully saturated rings. The summed E-state index contributed by atoms with van der Waals surface area (Å²) >= 11 is 0. The van der Waals surface area contributed by atoms with Crippen LogP contribution >= 0.6 is 0 Å². The third-order valence-electron chi connectivity index (χ3n) is 1.94. The molecule has 0 spiro atoms. The fraction of sp³-hybridized carbons (Fsp3) is 0.455. The molecule has 0 bridgehead atoms. The van der Waals surface area contributed by atoms with E-state index in [1.807, 2.05) is 12.1 Å². The van der Waals surface area contributed by atoms with E-state index in [4.69, 9.17) is 9.52 Å². The maximum absolute atomic E-state index is 8.89. The molecule has 72 valence electrons. The number of furan rings is 1. The van der Waals surface area contributed by atoms with Gasteiger partial charge in [0.2, 0.25) is 0 Å². The van der Waals surface area contributed by atoms with Gasteiger partial charge in [0.25, 0.3) is 0 Å². The van der Waals surface area contributed by atoms with E-state index < -0.39 is 0 Å². The summed E-state index contributed by atoms with van der Waals surface area (Å²) in [4.78, 5) is 0. The lowest BCUT2D eigenvalue weighted by Crippen LogP contribution is -2.08. The molecular weight excluding hydrogens is 164 g/mol. The highest BCUT2D eigenvalue weighted by Crippen LogP contribution is 2.33. The molecule has 1 N–H and O–H groups in total. The standard InChI is InChI=1S/C11H16O2/c1-11(2,3)10(4-6-12)9-5-7-13-8-9/h4-5,7-8,12H,6H2,1-3H3/b10-4+. The SMILES string of the molecule is CC(C)(C)/C(=C/CO)c1ccoc1. The average molecular weight is 180 g/mol. The summed E-state index contributed by atoms with van der Waals surface area (Å²) in [6, 6.07) is 1.91. The monoisotopic (exact) mass is 180 g/mol. The first-order valence-corrected chi connectivity index (χ1v) is 4.40. The minimum Gasteiger partial charge on any atom is -0.472 e. The molecule has 1 heterocycles. The van der Waals surface area contributed by atoms with E-state index in [1.54, 1.807) is 12.5 Å². The molecule has 0 amide bonds. The molecule has 0 saturated heterocycles. The molecule has 2 heteroatoms. The maximum atomic E-state index is 8.89. The predicted octanol–water partition coefficient (Wildman–Crippen LogP) is 2.70. The second-order valence-corrected chi connectivity index (χ2v) is 4.06. The van der Waals surface area contributed by atoms with Gasteiger partial charge in [-0.2, -0.15) is 0 Å². The van der Waals surface area contributed by atoms with Crippen LogP contribution in [0, 0.1) is 5.41 Å². The van der Waals surface area contributed by atoms with Crippen molar-refractivity contribution in [2.45, 2.75) is 20.8 Å². The summed E-state index contributed by atoms with van der Waals surface area (Å²) < 4.78 is 5.01. The van der Waals surface area contributed by atoms with Crippen LogP contribution in [0.5, 0.6) is 0 Å². The minimum absolute atomic E-state index is 0.0343. The maximum Gasteiger partial charge on any atom is 0.0977 e. The van der Waals surface area contributed by atoms with Gasteiger partial charge in [0.05, 0.1) is 19.1 Å². The van der Waals surface area contributed by atoms with E-state index in [0.29, 0.717) is 0 Å². The van der Waals surface area contributed by atoms with Gasteiger partial charge in [0.1, 0.15) is 0 Å². The molecule has 0 aliphatic carbocycles. The van der Waals surface area contributed by atoms with E-state index in [0.717, 1.165) is 11.1 Å². The topological polar surface area (TPSA) is 33.4 Å². The van der Waals surface area contributed by atoms with E-state index in [2.05, 4.69) is 20.8 Å². The smallest absolute Gasteiger partial charge is 0.0977 e. The molecule has 0 unspecified atom stereocenters. The number of hydrogen-bond acceptors (Lipinski definition) is 2. The number of allylic oxidation sites excluding steroid dienone is 1. The Kier molecular flexibility index (Phi) is 2.94. The number of rotatable bonds is 2. The van der Waals surface area contributed by atoms with Gasteiger partial charge in [-0.05, 0) is 17.1 Å². The van der Waals surface area contributed by atoms with Crippen molar-refractivity contribution in [2.24, 2.45) is 5.41 Å². The first kappa shape index (κ1) is 10.1. The molecule has 0 saturated carbocycles. The molecule has 1 aromatic heterocycles. The van der Waals surface area contributed by atoms with Crippen molar-refractivity contribution in [3.8, 4) is 0 Å². The van der Waals surface area contributed by atoms with Gasteiger partial charge >= 0.3 is 0 Å². The Balaban J connectivity index is 3.02. The van der Waals surface area contributed by atoms with E-state index >= 15 is 0 Å². The first-order chi connectivity index (χ1) is 6.05. The molecule has 1 rings (SSSR count). The van der Waals surface area contributed by atoms with Gasteiger partial charge < -0.3 is 9.52 Å². The highest BCUT2D eigenvalue weighted by Gasteiger charge is 2.18. The van der Waals surface area contributed by atoms with Crippen LogP contribution in [0.25, 0.3) is 5.57 Å². The zero-order chi connectivity index (χ0) is 9.90. The summed E-state index contributed by atoms with van der Waals surface area (Å²) in [5.74, 6) is 0. The number of aliphatic hydroxyl groups excluding tert-OH is 1. The van der Waals surface area contributed by atoms with Crippen LogP contribution in [0.3, 0.4) is 0 Å². The number of hydrogen-bond donors (Lipinski definition) is 1. The van der Waals surface area contributed by atoms with Crippen molar-refractivity contribution in [3.05, 3.63) is 30.2 Å². The fourth-order valence-corrected chi connectivity index (χ4v) is 1.37. The van der Waals surface area contributed by atoms with Crippen LogP contribution in [-0.4, -0.2) is 11.7 Å². The summed E-state index contributed by atoms with van der Waals surface area (Å²) in [6.07, 6.45) is 5.17. The second kappa shape index (κ2) is 3.79. The Labute approximate surface area is 78.9 Å². The fourth-order valence-electron chi connectivity index (χ4n) is 1.37. The summed E-state index contributed by atoms with van der Waals surface area (Å²) in [5, 5.41) is 8.89. The first-order valence-electron chi connectivity index (χ1n) is 4.40. The Morgan fingerprint density at radius 3 is 2.62 bits per heavy atom. The van der Waals surface area contributed by atoms with Crippen molar-refractivity contribution in [1.29, 1.82) is 0 Å². The molecule has 13 heavy (non-hydrogen) atoms. The molecule has 0 radical (unpaired) electrons. The highest BCUT2D eigenvalue weighted by molar-refractivity contribution is 5.68. The normalized spacial score (nSPS) is 13.4. The van der Waals surface area contributed by atoms with Crippen molar-refractivity contribution >= 4 is 5.57 Å². The zero-order valence-electron chi connectivity index (χ0n) is 8.37. The van der Waals surface area contributed by atoms with Crippen LogP contribution in [0.4, 0.5) is 0 Å². The molecule has 0 aromatic carbocycles. The van der Waals surface area contributed by atoms with Gasteiger partial charge in [-0.25, -0.2) is 0 Å². The summed E-state index contributed by atoms with van der Waals surface area (Å²) in [5.41, 5.74) is 2.19. The van der Waals surface area contributed by atoms with E-state index in [9.17, 15) is 0 Å². The average Bonchev–Trinajstić information content (AvgIpc) is 2.49. The Bertz CT molecular complexity index is 276. The molecule has 0 aliphatic heterocycles. The van der Waals surface area contributed by atoms with E-state index in [-0.39, 0.29) is 12.0 Å². The van der Waals surface area contributed by atoms with Crippen molar-refractivity contribution in [1.82, 2.24) is 0 Å². The van der Waals surface area contributed by atoms with Crippen molar-refractivity contribution in [3.63, 3.8) is 0 Å². The Hall–Kier alpha value is -1.02. The molecule has 0 atom stereocenters. The molecular formula is C11H16O2. The van der Waals surface area contributed by atoms with Crippen LogP contribution in [-0.2, 0) is 0 Å². The lowest BCUT2D eigenvalue weighted by molar-refractivity contribution is 0.341. The quantitative estimate of drug-likeness (QED) is 0.759. The lowest BCUT2D eigenvalue weighted by atomic mass is 9.83. The molecule has 1 aromatic rings. The van der Waals surface area contributed by atoms with Crippen LogP contribution in [0.2, 0.25) is 0 Å². The summed E-state index contributed by atoms with van der Waals surface area (Å²) in [6.45, 7) is 6.41. The zero-order valence-corrected chi connectivity index (χ0v) is 8.37. The predicted molar refractivity (Wildman–Crippen MR) is 53.2 cm³/mol. The second-order valence-electron chi connectivity index (χ2n) is 4.06. The summed E-state index contributed by atoms with van der Waals surface area (Å²) in [7, 11) is 0. The van der Waals surface area contributed by atoms with Gasteiger partial charge in [-0.15, -0.1) is 0 Å². The third kappa shape index (κ3) is 2.46. The van der Waals surface area contributed by atoms with E-state index in [1.165, 1.54) is 0 Å². The minimum atomic E-state index is 0.0343. The Morgan fingerprint density at radius 1 is 1.54 bits per heavy atom. The van der Waals surface area contributed by atoms with Crippen LogP contribution < -0.4 is 0 Å². The van der Waals surface area contributed by atoms with Gasteiger partial charge in [-0.3, -0.25) is 0 Å². The van der Waals surface area contributed by atoms with Crippen LogP contribution in [0.1, 0.15) is 26.3 Å². The third-order valence-corrected chi connectivity index (χ3v) is 1.94. The van der Waals surface area contributed by atoms with Crippen molar-refractivity contribution < 1.29 is 9.52 Å². The molecule has 2 nitrogen and oxygen atoms in total. The number of aliphatic hydroxyl groups is 1. The van der Waals surface area contributed by atoms with Gasteiger partial charge in [0, 0.05) is 5.56 Å². The Morgan fingerprint density at radius 2 is 2.23 bits per heavy atom.